The van der Waals surface area contributed by atoms with E-state index in [-0.39, 0.29) is 49.2 Å². The van der Waals surface area contributed by atoms with Crippen molar-refractivity contribution >= 4 is 39.2 Å². The van der Waals surface area contributed by atoms with Crippen molar-refractivity contribution in [2.75, 3.05) is 26.5 Å². The Morgan fingerprint density at radius 3 is 2.58 bits per heavy atom. The van der Waals surface area contributed by atoms with Crippen molar-refractivity contribution in [1.29, 1.82) is 0 Å². The Kier molecular flexibility index (Phi) is 7.62. The van der Waals surface area contributed by atoms with Crippen molar-refractivity contribution in [2.24, 2.45) is 5.92 Å². The second-order valence-corrected chi connectivity index (χ2v) is 10.4. The molecular formula is C22H22ClN3O9S. The molecule has 0 unspecified atom stereocenters. The van der Waals surface area contributed by atoms with E-state index in [4.69, 9.17) is 25.8 Å². The van der Waals surface area contributed by atoms with Gasteiger partial charge in [0.15, 0.2) is 18.1 Å². The molecule has 2 aliphatic heterocycles. The van der Waals surface area contributed by atoms with E-state index < -0.39 is 45.0 Å². The number of sulfonamides is 1. The number of halogens is 1. The number of amides is 1. The van der Waals surface area contributed by atoms with Crippen LogP contribution in [-0.2, 0) is 30.9 Å². The maximum Gasteiger partial charge on any atom is 0.309 e. The van der Waals surface area contributed by atoms with E-state index >= 15 is 0 Å². The molecule has 0 spiro atoms. The van der Waals surface area contributed by atoms with Gasteiger partial charge in [-0.05, 0) is 36.6 Å². The van der Waals surface area contributed by atoms with Gasteiger partial charge in [0.05, 0.1) is 15.9 Å². The molecule has 0 bridgehead atoms. The van der Waals surface area contributed by atoms with Crippen LogP contribution in [-0.4, -0.2) is 56.0 Å². The normalized spacial score (nSPS) is 15.9. The van der Waals surface area contributed by atoms with E-state index in [0.29, 0.717) is 11.5 Å². The van der Waals surface area contributed by atoms with Gasteiger partial charge in [0, 0.05) is 31.8 Å². The number of rotatable bonds is 8. The number of ether oxygens (including phenoxy) is 3. The van der Waals surface area contributed by atoms with Gasteiger partial charge >= 0.3 is 5.97 Å². The number of fused-ring (bicyclic) bond motifs is 1. The second kappa shape index (κ2) is 10.7. The average Bonchev–Trinajstić information content (AvgIpc) is 3.34. The number of hydrogen-bond acceptors (Lipinski definition) is 9. The third-order valence-corrected chi connectivity index (χ3v) is 8.18. The smallest absolute Gasteiger partial charge is 0.309 e. The fraction of sp³-hybridized carbons (Fsp3) is 0.364. The number of nitro groups is 1. The van der Waals surface area contributed by atoms with Crippen molar-refractivity contribution < 1.29 is 37.1 Å². The minimum absolute atomic E-state index is 0.00255. The zero-order valence-corrected chi connectivity index (χ0v) is 20.4. The largest absolute Gasteiger partial charge is 0.455 e. The lowest BCUT2D eigenvalue weighted by molar-refractivity contribution is -0.385. The van der Waals surface area contributed by atoms with Crippen LogP contribution in [0.5, 0.6) is 11.5 Å². The molecule has 1 amide bonds. The van der Waals surface area contributed by atoms with Crippen molar-refractivity contribution in [1.82, 2.24) is 9.62 Å². The highest BCUT2D eigenvalue weighted by Gasteiger charge is 2.34. The summed E-state index contributed by atoms with van der Waals surface area (Å²) in [7, 11) is -4.10. The Morgan fingerprint density at radius 1 is 1.14 bits per heavy atom. The lowest BCUT2D eigenvalue weighted by atomic mass is 9.98. The molecule has 12 nitrogen and oxygen atoms in total. The number of esters is 1. The van der Waals surface area contributed by atoms with Gasteiger partial charge in [-0.1, -0.05) is 17.7 Å². The second-order valence-electron chi connectivity index (χ2n) is 8.12. The highest BCUT2D eigenvalue weighted by Crippen LogP contribution is 2.33. The molecule has 2 aliphatic rings. The Bertz CT molecular complexity index is 1290. The van der Waals surface area contributed by atoms with Crippen LogP contribution in [0.1, 0.15) is 18.4 Å². The molecule has 1 N–H and O–H groups in total. The number of non-ortho nitro benzene ring substituents is 1. The standard InChI is InChI=1S/C22H22ClN3O9S/c23-17-3-2-16(26(29)30)10-20(17)36(31,32)25-7-5-15(6-8-25)22(28)33-12-21(27)24-11-14-1-4-18-19(9-14)35-13-34-18/h1-4,9-10,15H,5-8,11-13H2,(H,24,27). The van der Waals surface area contributed by atoms with Crippen LogP contribution in [0.2, 0.25) is 5.02 Å². The molecule has 0 aromatic heterocycles. The van der Waals surface area contributed by atoms with Crippen LogP contribution in [0.4, 0.5) is 5.69 Å². The predicted octanol–water partition coefficient (Wildman–Crippen LogP) is 2.24. The zero-order valence-electron chi connectivity index (χ0n) is 18.8. The summed E-state index contributed by atoms with van der Waals surface area (Å²) in [5.41, 5.74) is 0.393. The quantitative estimate of drug-likeness (QED) is 0.302. The van der Waals surface area contributed by atoms with Crippen molar-refractivity contribution in [3.63, 3.8) is 0 Å². The van der Waals surface area contributed by atoms with Crippen LogP contribution in [0, 0.1) is 16.0 Å². The summed E-state index contributed by atoms with van der Waals surface area (Å²) in [5, 5.41) is 13.5. The van der Waals surface area contributed by atoms with Crippen LogP contribution in [0.15, 0.2) is 41.3 Å². The van der Waals surface area contributed by atoms with Crippen LogP contribution < -0.4 is 14.8 Å². The Balaban J connectivity index is 1.25. The number of nitro benzene ring substituents is 1. The highest BCUT2D eigenvalue weighted by molar-refractivity contribution is 7.89. The molecule has 36 heavy (non-hydrogen) atoms. The first-order valence-corrected chi connectivity index (χ1v) is 12.7. The van der Waals surface area contributed by atoms with E-state index in [9.17, 15) is 28.1 Å². The van der Waals surface area contributed by atoms with Gasteiger partial charge in [-0.15, -0.1) is 0 Å². The predicted molar refractivity (Wildman–Crippen MR) is 125 cm³/mol. The third-order valence-electron chi connectivity index (χ3n) is 5.80. The highest BCUT2D eigenvalue weighted by atomic mass is 35.5. The molecule has 0 aliphatic carbocycles. The molecule has 1 fully saturated rings. The first-order chi connectivity index (χ1) is 17.1. The monoisotopic (exact) mass is 539 g/mol. The van der Waals surface area contributed by atoms with Crippen LogP contribution >= 0.6 is 11.6 Å². The fourth-order valence-corrected chi connectivity index (χ4v) is 5.80. The summed E-state index contributed by atoms with van der Waals surface area (Å²) in [4.78, 5) is 34.4. The summed E-state index contributed by atoms with van der Waals surface area (Å²) in [6.45, 7) is -0.113. The molecule has 4 rings (SSSR count). The van der Waals surface area contributed by atoms with E-state index in [1.54, 1.807) is 18.2 Å². The summed E-state index contributed by atoms with van der Waals surface area (Å²) >= 11 is 5.99. The van der Waals surface area contributed by atoms with Crippen LogP contribution in [0.25, 0.3) is 0 Å². The van der Waals surface area contributed by atoms with Crippen LogP contribution in [0.3, 0.4) is 0 Å². The first-order valence-electron chi connectivity index (χ1n) is 10.9. The van der Waals surface area contributed by atoms with Gasteiger partial charge in [-0.25, -0.2) is 8.42 Å². The third kappa shape index (κ3) is 5.69. The number of carbonyl (C=O) groups excluding carboxylic acids is 2. The Hall–Kier alpha value is -3.42. The van der Waals surface area contributed by atoms with E-state index in [1.807, 2.05) is 0 Å². The molecule has 192 valence electrons. The van der Waals surface area contributed by atoms with E-state index in [1.165, 1.54) is 0 Å². The molecule has 0 saturated carbocycles. The summed E-state index contributed by atoms with van der Waals surface area (Å²) in [5.74, 6) is -0.445. The summed E-state index contributed by atoms with van der Waals surface area (Å²) in [6, 6.07) is 8.46. The van der Waals surface area contributed by atoms with Gasteiger partial charge < -0.3 is 19.5 Å². The Morgan fingerprint density at radius 2 is 1.86 bits per heavy atom. The zero-order chi connectivity index (χ0) is 25.9. The molecule has 1 saturated heterocycles. The lowest BCUT2D eigenvalue weighted by Crippen LogP contribution is -2.41. The fourth-order valence-electron chi connectivity index (χ4n) is 3.83. The first kappa shape index (κ1) is 25.7. The topological polar surface area (TPSA) is 154 Å². The molecular weight excluding hydrogens is 518 g/mol. The maximum atomic E-state index is 13.0. The average molecular weight is 540 g/mol. The number of nitrogens with one attached hydrogen (secondary N) is 1. The minimum Gasteiger partial charge on any atom is -0.455 e. The van der Waals surface area contributed by atoms with Gasteiger partial charge in [0.1, 0.15) is 4.90 Å². The van der Waals surface area contributed by atoms with Crippen molar-refractivity contribution in [3.05, 3.63) is 57.1 Å². The Labute approximate surface area is 211 Å². The molecule has 0 atom stereocenters. The summed E-state index contributed by atoms with van der Waals surface area (Å²) < 4.78 is 42.7. The molecule has 0 radical (unpaired) electrons. The molecule has 2 aromatic carbocycles. The lowest BCUT2D eigenvalue weighted by Gasteiger charge is -2.30. The molecule has 2 aromatic rings. The van der Waals surface area contributed by atoms with E-state index in [2.05, 4.69) is 5.32 Å². The summed E-state index contributed by atoms with van der Waals surface area (Å²) in [6.07, 6.45) is 0.340. The van der Waals surface area contributed by atoms with Gasteiger partial charge in [-0.3, -0.25) is 19.7 Å². The van der Waals surface area contributed by atoms with Crippen molar-refractivity contribution in [2.45, 2.75) is 24.3 Å². The van der Waals surface area contributed by atoms with Gasteiger partial charge in [0.2, 0.25) is 16.8 Å². The minimum atomic E-state index is -4.10. The number of piperidine rings is 1. The SMILES string of the molecule is O=C(COC(=O)C1CCN(S(=O)(=O)c2cc([N+](=O)[O-])ccc2Cl)CC1)NCc1ccc2c(c1)OCO2. The number of hydrogen-bond donors (Lipinski definition) is 1. The maximum absolute atomic E-state index is 13.0. The number of nitrogens with zero attached hydrogens (tertiary/aromatic N) is 2. The van der Waals surface area contributed by atoms with Gasteiger partial charge in [-0.2, -0.15) is 4.31 Å². The van der Waals surface area contributed by atoms with Crippen molar-refractivity contribution in [3.8, 4) is 11.5 Å². The molecule has 14 heteroatoms. The number of carbonyl (C=O) groups is 2. The van der Waals surface area contributed by atoms with E-state index in [0.717, 1.165) is 28.1 Å². The molecule has 2 heterocycles. The van der Waals surface area contributed by atoms with Gasteiger partial charge in [0.25, 0.3) is 11.6 Å². The number of benzene rings is 2.